The highest BCUT2D eigenvalue weighted by molar-refractivity contribution is 5.64. The van der Waals surface area contributed by atoms with E-state index in [4.69, 9.17) is 15.9 Å². The number of nitrogens with two attached hydrogens (primary N) is 2. The number of furan rings is 1. The molecule has 1 fully saturated rings. The topological polar surface area (TPSA) is 115 Å². The summed E-state index contributed by atoms with van der Waals surface area (Å²) in [6.07, 6.45) is 2.14. The summed E-state index contributed by atoms with van der Waals surface area (Å²) in [6, 6.07) is 7.05. The van der Waals surface area contributed by atoms with Crippen LogP contribution in [0, 0.1) is 11.6 Å². The first-order chi connectivity index (χ1) is 15.5. The molecule has 32 heavy (non-hydrogen) atoms. The van der Waals surface area contributed by atoms with Gasteiger partial charge >= 0.3 is 0 Å². The minimum absolute atomic E-state index is 0.150. The Kier molecular flexibility index (Phi) is 5.10. The highest BCUT2D eigenvalue weighted by Gasteiger charge is 2.22. The van der Waals surface area contributed by atoms with Gasteiger partial charge in [-0.2, -0.15) is 9.50 Å². The van der Waals surface area contributed by atoms with Crippen LogP contribution in [0.2, 0.25) is 0 Å². The summed E-state index contributed by atoms with van der Waals surface area (Å²) in [4.78, 5) is 12.9. The van der Waals surface area contributed by atoms with Gasteiger partial charge < -0.3 is 20.8 Å². The number of fused-ring (bicyclic) bond motifs is 1. The maximum Gasteiger partial charge on any atom is 0.225 e. The molecular weight excluding hydrogens is 418 g/mol. The molecule has 9 nitrogen and oxygen atoms in total. The minimum atomic E-state index is -0.443. The molecule has 0 radical (unpaired) electrons. The number of anilines is 3. The molecule has 0 spiro atoms. The maximum atomic E-state index is 14.1. The van der Waals surface area contributed by atoms with E-state index in [0.717, 1.165) is 17.7 Å². The van der Waals surface area contributed by atoms with E-state index in [1.165, 1.54) is 10.6 Å². The number of hydrogen-bond donors (Lipinski definition) is 2. The Balaban J connectivity index is 1.30. The van der Waals surface area contributed by atoms with E-state index in [9.17, 15) is 8.78 Å². The van der Waals surface area contributed by atoms with Crippen molar-refractivity contribution >= 4 is 23.1 Å². The third-order valence-corrected chi connectivity index (χ3v) is 5.68. The molecule has 0 atom stereocenters. The summed E-state index contributed by atoms with van der Waals surface area (Å²) in [5.41, 5.74) is 13.7. The van der Waals surface area contributed by atoms with Gasteiger partial charge in [0.1, 0.15) is 17.5 Å². The maximum absolute atomic E-state index is 14.1. The minimum Gasteiger partial charge on any atom is -0.461 e. The van der Waals surface area contributed by atoms with Gasteiger partial charge in [-0.3, -0.25) is 4.90 Å². The molecule has 0 saturated carbocycles. The summed E-state index contributed by atoms with van der Waals surface area (Å²) in [6.45, 7) is 3.31. The van der Waals surface area contributed by atoms with Crippen LogP contribution in [0.4, 0.5) is 26.2 Å². The van der Waals surface area contributed by atoms with E-state index < -0.39 is 11.6 Å². The first-order valence-electron chi connectivity index (χ1n) is 10.3. The number of nitrogens with zero attached hydrogens (tertiary/aromatic N) is 6. The molecule has 1 aliphatic heterocycles. The Labute approximate surface area is 182 Å². The molecule has 4 aromatic rings. The molecule has 5 rings (SSSR count). The van der Waals surface area contributed by atoms with Gasteiger partial charge in [0.15, 0.2) is 11.4 Å². The summed E-state index contributed by atoms with van der Waals surface area (Å²) in [5, 5.41) is 4.39. The largest absolute Gasteiger partial charge is 0.461 e. The van der Waals surface area contributed by atoms with Crippen molar-refractivity contribution in [1.82, 2.24) is 24.5 Å². The lowest BCUT2D eigenvalue weighted by molar-refractivity contribution is 0.260. The molecule has 1 saturated heterocycles. The Morgan fingerprint density at radius 2 is 1.84 bits per heavy atom. The van der Waals surface area contributed by atoms with Crippen molar-refractivity contribution in [2.24, 2.45) is 0 Å². The Morgan fingerprint density at radius 3 is 2.59 bits per heavy atom. The average Bonchev–Trinajstić information content (AvgIpc) is 3.46. The fourth-order valence-electron chi connectivity index (χ4n) is 3.98. The number of halogens is 2. The first kappa shape index (κ1) is 20.2. The van der Waals surface area contributed by atoms with Crippen LogP contribution in [-0.2, 0) is 6.42 Å². The van der Waals surface area contributed by atoms with Crippen molar-refractivity contribution in [1.29, 1.82) is 0 Å². The van der Waals surface area contributed by atoms with Crippen LogP contribution in [0.3, 0.4) is 0 Å². The van der Waals surface area contributed by atoms with Crippen LogP contribution < -0.4 is 16.4 Å². The standard InChI is InChI=1S/C21H22F2N8O/c22-13-3-4-15(23)16(12-13)30-9-7-29(8-10-30)6-5-14-18(24)26-21(25)31-20(14)27-19(28-31)17-2-1-11-32-17/h1-4,11-12H,5-10,24H2,(H2,25,26). The van der Waals surface area contributed by atoms with Gasteiger partial charge in [0, 0.05) is 44.4 Å². The predicted molar refractivity (Wildman–Crippen MR) is 116 cm³/mol. The van der Waals surface area contributed by atoms with Crippen molar-refractivity contribution in [3.8, 4) is 11.6 Å². The Hall–Kier alpha value is -3.73. The number of benzene rings is 1. The molecule has 0 bridgehead atoms. The van der Waals surface area contributed by atoms with Crippen LogP contribution in [0.15, 0.2) is 41.0 Å². The van der Waals surface area contributed by atoms with Crippen molar-refractivity contribution in [3.63, 3.8) is 0 Å². The monoisotopic (exact) mass is 440 g/mol. The number of aromatic nitrogens is 4. The van der Waals surface area contributed by atoms with Crippen molar-refractivity contribution in [3.05, 3.63) is 53.8 Å². The number of piperazine rings is 1. The van der Waals surface area contributed by atoms with E-state index >= 15 is 0 Å². The van der Waals surface area contributed by atoms with Gasteiger partial charge in [-0.1, -0.05) is 0 Å². The molecule has 1 aliphatic rings. The molecule has 3 aromatic heterocycles. The van der Waals surface area contributed by atoms with Crippen LogP contribution in [0.25, 0.3) is 17.2 Å². The molecule has 4 N–H and O–H groups in total. The van der Waals surface area contributed by atoms with E-state index in [1.807, 2.05) is 4.90 Å². The quantitative estimate of drug-likeness (QED) is 0.485. The molecule has 11 heteroatoms. The van der Waals surface area contributed by atoms with Gasteiger partial charge in [-0.05, 0) is 30.7 Å². The summed E-state index contributed by atoms with van der Waals surface area (Å²) >= 11 is 0. The van der Waals surface area contributed by atoms with Crippen LogP contribution in [0.5, 0.6) is 0 Å². The normalized spacial score (nSPS) is 15.0. The molecule has 1 aromatic carbocycles. The number of rotatable bonds is 5. The van der Waals surface area contributed by atoms with Gasteiger partial charge in [-0.15, -0.1) is 5.10 Å². The van der Waals surface area contributed by atoms with Crippen molar-refractivity contribution in [2.75, 3.05) is 49.1 Å². The first-order valence-corrected chi connectivity index (χ1v) is 10.3. The Morgan fingerprint density at radius 1 is 1.03 bits per heavy atom. The van der Waals surface area contributed by atoms with E-state index in [-0.39, 0.29) is 5.95 Å². The fourth-order valence-corrected chi connectivity index (χ4v) is 3.98. The lowest BCUT2D eigenvalue weighted by Gasteiger charge is -2.36. The van der Waals surface area contributed by atoms with Gasteiger partial charge in [0.2, 0.25) is 11.8 Å². The zero-order chi connectivity index (χ0) is 22.2. The van der Waals surface area contributed by atoms with E-state index in [0.29, 0.717) is 67.9 Å². The summed E-state index contributed by atoms with van der Waals surface area (Å²) < 4.78 is 34.4. The number of nitrogen functional groups attached to an aromatic ring is 2. The number of hydrogen-bond acceptors (Lipinski definition) is 8. The third-order valence-electron chi connectivity index (χ3n) is 5.68. The molecule has 0 aliphatic carbocycles. The Bertz CT molecular complexity index is 1250. The highest BCUT2D eigenvalue weighted by atomic mass is 19.1. The molecular formula is C21H22F2N8O. The summed E-state index contributed by atoms with van der Waals surface area (Å²) in [5.74, 6) is 0.536. The van der Waals surface area contributed by atoms with E-state index in [1.54, 1.807) is 18.4 Å². The lowest BCUT2D eigenvalue weighted by Crippen LogP contribution is -2.47. The molecule has 4 heterocycles. The van der Waals surface area contributed by atoms with Crippen molar-refractivity contribution in [2.45, 2.75) is 6.42 Å². The zero-order valence-corrected chi connectivity index (χ0v) is 17.2. The second kappa shape index (κ2) is 8.08. The summed E-state index contributed by atoms with van der Waals surface area (Å²) in [7, 11) is 0. The second-order valence-electron chi connectivity index (χ2n) is 7.66. The van der Waals surface area contributed by atoms with Crippen LogP contribution in [-0.4, -0.2) is 57.2 Å². The average molecular weight is 440 g/mol. The predicted octanol–water partition coefficient (Wildman–Crippen LogP) is 2.19. The van der Waals surface area contributed by atoms with E-state index in [2.05, 4.69) is 20.0 Å². The molecule has 0 amide bonds. The van der Waals surface area contributed by atoms with Crippen LogP contribution >= 0.6 is 0 Å². The zero-order valence-electron chi connectivity index (χ0n) is 17.2. The third kappa shape index (κ3) is 3.71. The SMILES string of the molecule is Nc1nc(N)n2nc(-c3ccco3)nc2c1CCN1CCN(c2cc(F)ccc2F)CC1. The molecule has 166 valence electrons. The lowest BCUT2D eigenvalue weighted by atomic mass is 10.1. The smallest absolute Gasteiger partial charge is 0.225 e. The second-order valence-corrected chi connectivity index (χ2v) is 7.66. The van der Waals surface area contributed by atoms with Crippen LogP contribution in [0.1, 0.15) is 5.56 Å². The highest BCUT2D eigenvalue weighted by Crippen LogP contribution is 2.25. The van der Waals surface area contributed by atoms with Gasteiger partial charge in [0.05, 0.1) is 12.0 Å². The fraction of sp³-hybridized carbons (Fsp3) is 0.286. The molecule has 0 unspecified atom stereocenters. The van der Waals surface area contributed by atoms with Crippen molar-refractivity contribution < 1.29 is 13.2 Å². The van der Waals surface area contributed by atoms with Gasteiger partial charge in [0.25, 0.3) is 0 Å². The van der Waals surface area contributed by atoms with Gasteiger partial charge in [-0.25, -0.2) is 13.8 Å².